The number of oxazole rings is 1. The molecule has 3 aromatic carbocycles. The third kappa shape index (κ3) is 3.97. The van der Waals surface area contributed by atoms with Crippen LogP contribution >= 0.6 is 56.8 Å². The van der Waals surface area contributed by atoms with E-state index in [9.17, 15) is 5.11 Å². The van der Waals surface area contributed by atoms with Gasteiger partial charge in [0.1, 0.15) is 11.3 Å². The second-order valence-corrected chi connectivity index (χ2v) is 8.55. The molecule has 4 nitrogen and oxygen atoms in total. The zero-order chi connectivity index (χ0) is 19.0. The quantitative estimate of drug-likeness (QED) is 0.208. The van der Waals surface area contributed by atoms with Crippen molar-refractivity contribution in [1.29, 1.82) is 0 Å². The minimum absolute atomic E-state index is 0.216. The monoisotopic (exact) mass is 600 g/mol. The molecule has 0 aliphatic heterocycles. The molecule has 0 amide bonds. The number of para-hydroxylation sites is 2. The van der Waals surface area contributed by atoms with Crippen LogP contribution in [0, 0.1) is 7.14 Å². The predicted molar refractivity (Wildman–Crippen MR) is 125 cm³/mol. The minimum atomic E-state index is 0.216. The van der Waals surface area contributed by atoms with E-state index in [1.165, 1.54) is 0 Å². The summed E-state index contributed by atoms with van der Waals surface area (Å²) in [5.41, 5.74) is 3.49. The molecule has 27 heavy (non-hydrogen) atoms. The fourth-order valence-electron chi connectivity index (χ4n) is 2.57. The smallest absolute Gasteiger partial charge is 0.228 e. The highest BCUT2D eigenvalue weighted by Gasteiger charge is 2.12. The maximum Gasteiger partial charge on any atom is 0.228 e. The van der Waals surface area contributed by atoms with Crippen molar-refractivity contribution in [2.75, 3.05) is 0 Å². The van der Waals surface area contributed by atoms with Crippen LogP contribution in [0.4, 0.5) is 5.69 Å². The van der Waals surface area contributed by atoms with E-state index in [0.717, 1.165) is 12.7 Å². The number of phenolic OH excluding ortho intramolecular Hbond substituents is 1. The van der Waals surface area contributed by atoms with Gasteiger partial charge in [-0.2, -0.15) is 0 Å². The van der Waals surface area contributed by atoms with Crippen LogP contribution in [0.15, 0.2) is 64.0 Å². The lowest BCUT2D eigenvalue weighted by Gasteiger charge is -2.04. The molecular weight excluding hydrogens is 589 g/mol. The van der Waals surface area contributed by atoms with E-state index in [-0.39, 0.29) is 5.75 Å². The van der Waals surface area contributed by atoms with Gasteiger partial charge in [-0.3, -0.25) is 4.99 Å². The lowest BCUT2D eigenvalue weighted by Crippen LogP contribution is -1.88. The molecule has 0 aliphatic rings. The Hall–Kier alpha value is -1.65. The van der Waals surface area contributed by atoms with E-state index in [1.807, 2.05) is 42.5 Å². The Morgan fingerprint density at radius 2 is 1.89 bits per heavy atom. The Bertz CT molecular complexity index is 1160. The maximum atomic E-state index is 10.2. The van der Waals surface area contributed by atoms with Gasteiger partial charge in [-0.1, -0.05) is 23.7 Å². The summed E-state index contributed by atoms with van der Waals surface area (Å²) in [6.45, 7) is 0. The first kappa shape index (κ1) is 18.7. The third-order valence-electron chi connectivity index (χ3n) is 3.88. The van der Waals surface area contributed by atoms with Crippen LogP contribution in [0.2, 0.25) is 5.02 Å². The Labute approximate surface area is 187 Å². The summed E-state index contributed by atoms with van der Waals surface area (Å²) in [7, 11) is 0. The fraction of sp³-hybridized carbons (Fsp3) is 0. The van der Waals surface area contributed by atoms with Gasteiger partial charge in [-0.05, 0) is 87.6 Å². The van der Waals surface area contributed by atoms with Gasteiger partial charge in [0.05, 0.1) is 19.8 Å². The first-order valence-corrected chi connectivity index (χ1v) is 10.4. The van der Waals surface area contributed by atoms with E-state index in [0.29, 0.717) is 33.3 Å². The molecule has 1 N–H and O–H groups in total. The maximum absolute atomic E-state index is 10.2. The number of phenols is 1. The van der Waals surface area contributed by atoms with Gasteiger partial charge in [0, 0.05) is 15.3 Å². The molecule has 0 radical (unpaired) electrons. The van der Waals surface area contributed by atoms with Crippen LogP contribution in [-0.2, 0) is 0 Å². The highest BCUT2D eigenvalue weighted by atomic mass is 127. The summed E-state index contributed by atoms with van der Waals surface area (Å²) in [5.74, 6) is 0.665. The molecule has 0 unspecified atom stereocenters. The van der Waals surface area contributed by atoms with E-state index in [4.69, 9.17) is 16.0 Å². The van der Waals surface area contributed by atoms with Gasteiger partial charge in [-0.15, -0.1) is 0 Å². The van der Waals surface area contributed by atoms with Crippen molar-refractivity contribution >= 4 is 79.8 Å². The largest absolute Gasteiger partial charge is 0.506 e. The Morgan fingerprint density at radius 3 is 2.70 bits per heavy atom. The number of hydrogen-bond acceptors (Lipinski definition) is 4. The molecule has 0 saturated heterocycles. The molecule has 1 heterocycles. The Kier molecular flexibility index (Phi) is 5.38. The van der Waals surface area contributed by atoms with Crippen molar-refractivity contribution in [1.82, 2.24) is 4.98 Å². The van der Waals surface area contributed by atoms with Crippen molar-refractivity contribution < 1.29 is 9.52 Å². The van der Waals surface area contributed by atoms with E-state index < -0.39 is 0 Å². The number of rotatable bonds is 3. The van der Waals surface area contributed by atoms with Crippen molar-refractivity contribution in [3.8, 4) is 17.2 Å². The molecule has 0 spiro atoms. The summed E-state index contributed by atoms with van der Waals surface area (Å²) < 4.78 is 7.62. The summed E-state index contributed by atoms with van der Waals surface area (Å²) in [4.78, 5) is 8.98. The third-order valence-corrected chi connectivity index (χ3v) is 5.66. The lowest BCUT2D eigenvalue weighted by atomic mass is 10.2. The summed E-state index contributed by atoms with van der Waals surface area (Å²) in [6, 6.07) is 16.7. The number of benzene rings is 3. The van der Waals surface area contributed by atoms with Gasteiger partial charge in [-0.25, -0.2) is 4.98 Å². The normalized spacial score (nSPS) is 11.5. The molecule has 0 atom stereocenters. The van der Waals surface area contributed by atoms with E-state index >= 15 is 0 Å². The molecule has 134 valence electrons. The van der Waals surface area contributed by atoms with Crippen LogP contribution in [-0.4, -0.2) is 16.3 Å². The average Bonchev–Trinajstić information content (AvgIpc) is 3.08. The van der Waals surface area contributed by atoms with E-state index in [2.05, 4.69) is 55.2 Å². The molecule has 0 aliphatic carbocycles. The summed E-state index contributed by atoms with van der Waals surface area (Å²) in [6.07, 6.45) is 1.64. The van der Waals surface area contributed by atoms with Crippen LogP contribution in [0.25, 0.3) is 22.6 Å². The number of aromatic nitrogens is 1. The second-order valence-electron chi connectivity index (χ2n) is 5.73. The van der Waals surface area contributed by atoms with E-state index in [1.54, 1.807) is 18.3 Å². The molecule has 7 heteroatoms. The van der Waals surface area contributed by atoms with Gasteiger partial charge >= 0.3 is 0 Å². The van der Waals surface area contributed by atoms with Gasteiger partial charge < -0.3 is 9.52 Å². The molecule has 0 saturated carbocycles. The van der Waals surface area contributed by atoms with Crippen LogP contribution in [0.3, 0.4) is 0 Å². The predicted octanol–water partition coefficient (Wildman–Crippen LogP) is 6.81. The standard InChI is InChI=1S/C20H11ClI2N2O2/c21-15-6-5-13(24-10-11-7-12(22)8-16(23)19(11)26)9-14(15)20-25-17-3-1-2-4-18(17)27-20/h1-10,26H. The van der Waals surface area contributed by atoms with Gasteiger partial charge in [0.2, 0.25) is 5.89 Å². The van der Waals surface area contributed by atoms with Crippen LogP contribution in [0.5, 0.6) is 5.75 Å². The number of hydrogen-bond donors (Lipinski definition) is 1. The number of nitrogens with zero attached hydrogens (tertiary/aromatic N) is 2. The molecule has 4 aromatic rings. The van der Waals surface area contributed by atoms with Crippen LogP contribution < -0.4 is 0 Å². The highest BCUT2D eigenvalue weighted by Crippen LogP contribution is 2.33. The Morgan fingerprint density at radius 1 is 1.07 bits per heavy atom. The van der Waals surface area contributed by atoms with Crippen molar-refractivity contribution in [2.24, 2.45) is 4.99 Å². The van der Waals surface area contributed by atoms with Gasteiger partial charge in [0.15, 0.2) is 5.58 Å². The molecule has 0 bridgehead atoms. The SMILES string of the molecule is Oc1c(I)cc(I)cc1C=Nc1ccc(Cl)c(-c2nc3ccccc3o2)c1. The van der Waals surface area contributed by atoms with Crippen LogP contribution in [0.1, 0.15) is 5.56 Å². The zero-order valence-electron chi connectivity index (χ0n) is 13.7. The molecule has 1 aromatic heterocycles. The average molecular weight is 601 g/mol. The van der Waals surface area contributed by atoms with Crippen molar-refractivity contribution in [2.45, 2.75) is 0 Å². The number of halogens is 3. The molecule has 0 fully saturated rings. The number of aliphatic imine (C=N–C) groups is 1. The number of fused-ring (bicyclic) bond motifs is 1. The highest BCUT2D eigenvalue weighted by molar-refractivity contribution is 14.1. The van der Waals surface area contributed by atoms with Gasteiger partial charge in [0.25, 0.3) is 0 Å². The first-order valence-electron chi connectivity index (χ1n) is 7.89. The second kappa shape index (κ2) is 7.76. The topological polar surface area (TPSA) is 58.6 Å². The van der Waals surface area contributed by atoms with Crippen molar-refractivity contribution in [3.05, 3.63) is 72.3 Å². The Balaban J connectivity index is 1.72. The summed E-state index contributed by atoms with van der Waals surface area (Å²) >= 11 is 10.7. The molecule has 4 rings (SSSR count). The lowest BCUT2D eigenvalue weighted by molar-refractivity contribution is 0.470. The van der Waals surface area contributed by atoms with Crippen molar-refractivity contribution in [3.63, 3.8) is 0 Å². The number of aromatic hydroxyl groups is 1. The first-order chi connectivity index (χ1) is 13.0. The molecular formula is C20H11ClI2N2O2. The fourth-order valence-corrected chi connectivity index (χ4v) is 4.66. The zero-order valence-corrected chi connectivity index (χ0v) is 18.7. The summed E-state index contributed by atoms with van der Waals surface area (Å²) in [5, 5.41) is 10.7. The minimum Gasteiger partial charge on any atom is -0.506 e.